The van der Waals surface area contributed by atoms with Crippen molar-refractivity contribution in [3.05, 3.63) is 103 Å². The second kappa shape index (κ2) is 31.7. The number of aryl methyl sites for hydroxylation is 1. The molecule has 0 saturated heterocycles. The average Bonchev–Trinajstić information content (AvgIpc) is 3.12. The Morgan fingerprint density at radius 1 is 0.960 bits per heavy atom. The van der Waals surface area contributed by atoms with Crippen LogP contribution in [0, 0.1) is 25.7 Å². The van der Waals surface area contributed by atoms with Crippen molar-refractivity contribution in [3.63, 3.8) is 0 Å². The van der Waals surface area contributed by atoms with E-state index in [1.807, 2.05) is 27.7 Å². The molecule has 2 rings (SSSR count). The van der Waals surface area contributed by atoms with Crippen LogP contribution < -0.4 is 16.0 Å². The molecule has 0 bridgehead atoms. The molecule has 0 fully saturated rings. The monoisotopic (exact) mass is 710 g/mol. The van der Waals surface area contributed by atoms with Gasteiger partial charge in [0.05, 0.1) is 16.6 Å². The molecule has 2 amide bonds. The van der Waals surface area contributed by atoms with E-state index >= 15 is 0 Å². The van der Waals surface area contributed by atoms with Crippen LogP contribution in [0.1, 0.15) is 88.2 Å². The summed E-state index contributed by atoms with van der Waals surface area (Å²) in [5.41, 5.74) is 3.71. The van der Waals surface area contributed by atoms with Crippen LogP contribution in [0.15, 0.2) is 86.0 Å². The van der Waals surface area contributed by atoms with E-state index in [0.29, 0.717) is 32.4 Å². The Kier molecular flexibility index (Phi) is 31.7. The van der Waals surface area contributed by atoms with Crippen molar-refractivity contribution in [1.29, 1.82) is 0 Å². The normalized spacial score (nSPS) is 10.4. The third kappa shape index (κ3) is 23.8. The van der Waals surface area contributed by atoms with Crippen LogP contribution in [-0.2, 0) is 27.6 Å². The molecule has 3 N–H and O–H groups in total. The number of aromatic nitrogens is 1. The fourth-order valence-electron chi connectivity index (χ4n) is 4.49. The molecule has 0 aliphatic rings. The second-order valence-electron chi connectivity index (χ2n) is 11.0. The molecule has 0 aliphatic heterocycles. The number of sulfone groups is 1. The van der Waals surface area contributed by atoms with Crippen LogP contribution in [0.5, 0.6) is 0 Å². The van der Waals surface area contributed by atoms with Gasteiger partial charge in [0.25, 0.3) is 5.91 Å². The number of pyridine rings is 1. The van der Waals surface area contributed by atoms with Crippen molar-refractivity contribution in [2.75, 3.05) is 18.8 Å². The maximum atomic E-state index is 13.2. The first kappa shape index (κ1) is 49.9. The molecule has 8 nitrogen and oxygen atoms in total. The first-order valence-corrected chi connectivity index (χ1v) is 18.3. The molecule has 276 valence electrons. The lowest BCUT2D eigenvalue weighted by molar-refractivity contribution is -0.122. The molecule has 0 aliphatic carbocycles. The van der Waals surface area contributed by atoms with Gasteiger partial charge in [0, 0.05) is 25.5 Å². The van der Waals surface area contributed by atoms with Gasteiger partial charge in [-0.1, -0.05) is 70.0 Å². The van der Waals surface area contributed by atoms with Crippen LogP contribution >= 0.6 is 0 Å². The van der Waals surface area contributed by atoms with Crippen molar-refractivity contribution in [2.24, 2.45) is 0 Å². The summed E-state index contributed by atoms with van der Waals surface area (Å²) in [6.07, 6.45) is 24.5. The van der Waals surface area contributed by atoms with Gasteiger partial charge in [-0.2, -0.15) is 0 Å². The number of benzene rings is 1. The third-order valence-electron chi connectivity index (χ3n) is 6.68. The van der Waals surface area contributed by atoms with Crippen LogP contribution in [0.4, 0.5) is 4.39 Å². The molecule has 0 unspecified atom stereocenters. The molecule has 0 saturated carbocycles. The van der Waals surface area contributed by atoms with E-state index in [0.717, 1.165) is 31.4 Å². The molecule has 0 radical (unpaired) electrons. The molecule has 1 aromatic carbocycles. The van der Waals surface area contributed by atoms with E-state index in [2.05, 4.69) is 97.6 Å². The number of nitrogens with zero attached hydrogens (tertiary/aromatic N) is 1. The minimum Gasteiger partial charge on any atom is -0.354 e. The SMILES string of the molecule is C#C.C#C.C=C.C=C(F)C=C(C)C.CCCC(CCC)S(=O)(=O)C[C@@H](NC(=O)c1cccnc1)C(=O)NCCCNCc1cccc(CC)c1. The van der Waals surface area contributed by atoms with Crippen LogP contribution in [0.2, 0.25) is 0 Å². The zero-order valence-electron chi connectivity index (χ0n) is 30.7. The van der Waals surface area contributed by atoms with E-state index in [-0.39, 0.29) is 11.4 Å². The van der Waals surface area contributed by atoms with E-state index in [4.69, 9.17) is 0 Å². The number of hydrogen-bond donors (Lipinski definition) is 3. The molecule has 1 heterocycles. The highest BCUT2D eigenvalue weighted by Gasteiger charge is 2.32. The predicted molar refractivity (Wildman–Crippen MR) is 209 cm³/mol. The smallest absolute Gasteiger partial charge is 0.253 e. The lowest BCUT2D eigenvalue weighted by Gasteiger charge is -2.22. The summed E-state index contributed by atoms with van der Waals surface area (Å²) in [5.74, 6) is -1.83. The van der Waals surface area contributed by atoms with E-state index in [1.165, 1.54) is 23.4 Å². The topological polar surface area (TPSA) is 117 Å². The van der Waals surface area contributed by atoms with Crippen molar-refractivity contribution in [2.45, 2.75) is 91.0 Å². The van der Waals surface area contributed by atoms with Gasteiger partial charge < -0.3 is 16.0 Å². The minimum absolute atomic E-state index is 0.271. The zero-order valence-corrected chi connectivity index (χ0v) is 31.5. The quantitative estimate of drug-likeness (QED) is 0.0655. The highest BCUT2D eigenvalue weighted by atomic mass is 32.2. The minimum atomic E-state index is -3.60. The lowest BCUT2D eigenvalue weighted by atomic mass is 10.1. The maximum Gasteiger partial charge on any atom is 0.253 e. The Morgan fingerprint density at radius 3 is 2.04 bits per heavy atom. The fourth-order valence-corrected chi connectivity index (χ4v) is 6.65. The van der Waals surface area contributed by atoms with Crippen LogP contribution in [-0.4, -0.2) is 55.4 Å². The Labute approximate surface area is 302 Å². The van der Waals surface area contributed by atoms with Crippen LogP contribution in [0.25, 0.3) is 0 Å². The number of rotatable bonds is 18. The molecule has 0 spiro atoms. The predicted octanol–water partition coefficient (Wildman–Crippen LogP) is 7.16. The summed E-state index contributed by atoms with van der Waals surface area (Å²) in [6, 6.07) is 10.4. The van der Waals surface area contributed by atoms with Crippen molar-refractivity contribution < 1.29 is 22.4 Å². The molecule has 1 aromatic heterocycles. The van der Waals surface area contributed by atoms with E-state index in [1.54, 1.807) is 18.3 Å². The molecular weight excluding hydrogens is 652 g/mol. The summed E-state index contributed by atoms with van der Waals surface area (Å²) in [5, 5.41) is 8.28. The summed E-state index contributed by atoms with van der Waals surface area (Å²) < 4.78 is 38.1. The van der Waals surface area contributed by atoms with Gasteiger partial charge in [0.1, 0.15) is 11.9 Å². The highest BCUT2D eigenvalue weighted by Crippen LogP contribution is 2.17. The van der Waals surface area contributed by atoms with Crippen LogP contribution in [0.3, 0.4) is 0 Å². The lowest BCUT2D eigenvalue weighted by Crippen LogP contribution is -2.51. The summed E-state index contributed by atoms with van der Waals surface area (Å²) in [4.78, 5) is 29.7. The van der Waals surface area contributed by atoms with Gasteiger partial charge in [-0.15, -0.1) is 38.9 Å². The number of allylic oxidation sites excluding steroid dienone is 3. The van der Waals surface area contributed by atoms with Crippen molar-refractivity contribution in [3.8, 4) is 25.7 Å². The number of amides is 2. The highest BCUT2D eigenvalue weighted by molar-refractivity contribution is 7.92. The number of terminal acetylenes is 2. The van der Waals surface area contributed by atoms with Gasteiger partial charge in [0.15, 0.2) is 9.84 Å². The van der Waals surface area contributed by atoms with Gasteiger partial charge >= 0.3 is 0 Å². The second-order valence-corrected chi connectivity index (χ2v) is 13.3. The Morgan fingerprint density at radius 2 is 1.56 bits per heavy atom. The molecular formula is C40H59FN4O4S. The maximum absolute atomic E-state index is 13.2. The number of hydrogen-bond acceptors (Lipinski definition) is 6. The molecule has 1 atom stereocenters. The van der Waals surface area contributed by atoms with Crippen molar-refractivity contribution >= 4 is 21.7 Å². The summed E-state index contributed by atoms with van der Waals surface area (Å²) >= 11 is 0. The summed E-state index contributed by atoms with van der Waals surface area (Å²) in [6.45, 7) is 20.5. The van der Waals surface area contributed by atoms with Gasteiger partial charge in [-0.25, -0.2) is 12.8 Å². The molecule has 10 heteroatoms. The van der Waals surface area contributed by atoms with Gasteiger partial charge in [-0.05, 0) is 75.4 Å². The van der Waals surface area contributed by atoms with E-state index in [9.17, 15) is 22.4 Å². The first-order valence-electron chi connectivity index (χ1n) is 16.6. The Balaban J connectivity index is -0.00000147. The first-order chi connectivity index (χ1) is 23.9. The van der Waals surface area contributed by atoms with Gasteiger partial charge in [0.2, 0.25) is 5.91 Å². The third-order valence-corrected chi connectivity index (χ3v) is 8.96. The Hall–Kier alpha value is -4.51. The fraction of sp³-hybridized carbons (Fsp3) is 0.425. The molecule has 2 aromatic rings. The number of halogens is 1. The zero-order chi connectivity index (χ0) is 39.0. The summed E-state index contributed by atoms with van der Waals surface area (Å²) in [7, 11) is -3.60. The number of carbonyl (C=O) groups excluding carboxylic acids is 2. The van der Waals surface area contributed by atoms with Crippen molar-refractivity contribution in [1.82, 2.24) is 20.9 Å². The largest absolute Gasteiger partial charge is 0.354 e. The van der Waals surface area contributed by atoms with Gasteiger partial charge in [-0.3, -0.25) is 14.6 Å². The molecule has 50 heavy (non-hydrogen) atoms. The average molecular weight is 711 g/mol. The number of carbonyl (C=O) groups is 2. The number of nitrogens with one attached hydrogen (secondary N) is 3. The Bertz CT molecular complexity index is 1390. The standard InChI is InChI=1S/C28H42N4O4S.C6H9F.C2H4.2C2H2/c1-4-10-25(11-5-2)37(35,36)21-26(32-27(33)24-14-8-15-30-20-24)28(34)31-17-9-16-29-19-23-13-7-12-22(6-3)18-23;1-5(2)4-6(3)7;3*1-2/h7-8,12-15,18,20,25-26,29H,4-6,9-11,16-17,19,21H2,1-3H3,(H,31,34)(H,32,33);4H,3H2,1-2H3;1-2H2;2*1-2H/t26-;;;;/m1..../s1. The van der Waals surface area contributed by atoms with E-state index < -0.39 is 38.7 Å².